The first-order valence-corrected chi connectivity index (χ1v) is 6.87. The van der Waals surface area contributed by atoms with E-state index in [1.807, 2.05) is 6.20 Å². The first-order chi connectivity index (χ1) is 8.22. The number of hydrogen-bond acceptors (Lipinski definition) is 1. The lowest BCUT2D eigenvalue weighted by Crippen LogP contribution is -2.46. The Kier molecular flexibility index (Phi) is 2.39. The third kappa shape index (κ3) is 1.28. The summed E-state index contributed by atoms with van der Waals surface area (Å²) in [7, 11) is 0. The summed E-state index contributed by atoms with van der Waals surface area (Å²) < 4.78 is 0. The van der Waals surface area contributed by atoms with Crippen LogP contribution < -0.4 is 0 Å². The van der Waals surface area contributed by atoms with Gasteiger partial charge in [-0.3, -0.25) is 4.98 Å². The Balaban J connectivity index is 2.21. The quantitative estimate of drug-likeness (QED) is 0.694. The summed E-state index contributed by atoms with van der Waals surface area (Å²) in [4.78, 5) is 4.66. The van der Waals surface area contributed by atoms with E-state index in [-0.39, 0.29) is 5.41 Å². The van der Waals surface area contributed by atoms with Crippen molar-refractivity contribution < 1.29 is 0 Å². The first-order valence-electron chi connectivity index (χ1n) is 6.87. The van der Waals surface area contributed by atoms with E-state index in [0.29, 0.717) is 5.92 Å². The van der Waals surface area contributed by atoms with Crippen molar-refractivity contribution in [3.8, 4) is 0 Å². The van der Waals surface area contributed by atoms with E-state index in [2.05, 4.69) is 50.0 Å². The minimum atomic E-state index is 0.216. The monoisotopic (exact) mass is 227 g/mol. The van der Waals surface area contributed by atoms with Gasteiger partial charge in [0.15, 0.2) is 0 Å². The summed E-state index contributed by atoms with van der Waals surface area (Å²) in [5.41, 5.74) is 3.03. The highest BCUT2D eigenvalue weighted by molar-refractivity contribution is 5.46. The molecule has 90 valence electrons. The van der Waals surface area contributed by atoms with Crippen LogP contribution in [0, 0.1) is 11.8 Å². The molecule has 0 saturated carbocycles. The number of fused-ring (bicyclic) bond motifs is 1. The van der Waals surface area contributed by atoms with Crippen LogP contribution in [0.4, 0.5) is 0 Å². The largest absolute Gasteiger partial charge is 0.260 e. The van der Waals surface area contributed by atoms with Crippen molar-refractivity contribution in [2.24, 2.45) is 11.8 Å². The maximum absolute atomic E-state index is 4.66. The van der Waals surface area contributed by atoms with Gasteiger partial charge >= 0.3 is 0 Å². The second-order valence-corrected chi connectivity index (χ2v) is 5.69. The Morgan fingerprint density at radius 2 is 2.12 bits per heavy atom. The van der Waals surface area contributed by atoms with Crippen LogP contribution in [0.1, 0.15) is 50.8 Å². The molecule has 1 heterocycles. The summed E-state index contributed by atoms with van der Waals surface area (Å²) in [6.07, 6.45) is 9.34. The molecule has 0 radical (unpaired) electrons. The standard InChI is InChI=1S/C16H21N/c1-4-11-12-8-9-16(3,13(11)5-2)14-7-6-10-17-15(12)14/h6-13H,4-5H2,1-3H3/t11?,12?,13-,16?/m1/s1. The lowest BCUT2D eigenvalue weighted by molar-refractivity contribution is 0.165. The summed E-state index contributed by atoms with van der Waals surface area (Å²) in [5.74, 6) is 2.11. The van der Waals surface area contributed by atoms with Gasteiger partial charge in [0.1, 0.15) is 0 Å². The molecular formula is C16H21N. The zero-order valence-corrected chi connectivity index (χ0v) is 11.0. The molecular weight excluding hydrogens is 206 g/mol. The summed E-state index contributed by atoms with van der Waals surface area (Å²) in [5, 5.41) is 0. The van der Waals surface area contributed by atoms with E-state index >= 15 is 0 Å². The van der Waals surface area contributed by atoms with Crippen LogP contribution in [-0.4, -0.2) is 4.98 Å². The van der Waals surface area contributed by atoms with Gasteiger partial charge in [-0.05, 0) is 23.5 Å². The van der Waals surface area contributed by atoms with Crippen molar-refractivity contribution >= 4 is 0 Å². The van der Waals surface area contributed by atoms with Gasteiger partial charge in [-0.2, -0.15) is 0 Å². The van der Waals surface area contributed by atoms with E-state index in [1.165, 1.54) is 24.1 Å². The van der Waals surface area contributed by atoms with Gasteiger partial charge in [0, 0.05) is 17.5 Å². The molecule has 17 heavy (non-hydrogen) atoms. The summed E-state index contributed by atoms with van der Waals surface area (Å²) in [6, 6.07) is 4.37. The zero-order chi connectivity index (χ0) is 12.0. The molecule has 0 N–H and O–H groups in total. The molecule has 0 aliphatic heterocycles. The van der Waals surface area contributed by atoms with Gasteiger partial charge in [0.05, 0.1) is 5.69 Å². The minimum absolute atomic E-state index is 0.216. The first kappa shape index (κ1) is 11.0. The molecule has 0 amide bonds. The van der Waals surface area contributed by atoms with Gasteiger partial charge in [0.25, 0.3) is 0 Å². The summed E-state index contributed by atoms with van der Waals surface area (Å²) in [6.45, 7) is 7.06. The van der Waals surface area contributed by atoms with Crippen molar-refractivity contribution in [2.45, 2.75) is 44.9 Å². The van der Waals surface area contributed by atoms with Crippen molar-refractivity contribution in [3.05, 3.63) is 41.7 Å². The van der Waals surface area contributed by atoms with Gasteiger partial charge in [-0.1, -0.05) is 51.8 Å². The summed E-state index contributed by atoms with van der Waals surface area (Å²) >= 11 is 0. The number of pyridine rings is 1. The molecule has 0 saturated heterocycles. The zero-order valence-electron chi connectivity index (χ0n) is 11.0. The fourth-order valence-electron chi connectivity index (χ4n) is 4.25. The molecule has 1 nitrogen and oxygen atoms in total. The Hall–Kier alpha value is -1.11. The number of aromatic nitrogens is 1. The molecule has 4 rings (SSSR count). The van der Waals surface area contributed by atoms with Crippen molar-refractivity contribution in [1.29, 1.82) is 0 Å². The molecule has 2 bridgehead atoms. The Morgan fingerprint density at radius 3 is 2.82 bits per heavy atom. The van der Waals surface area contributed by atoms with Gasteiger partial charge < -0.3 is 0 Å². The maximum atomic E-state index is 4.66. The second kappa shape index (κ2) is 3.69. The van der Waals surface area contributed by atoms with Crippen LogP contribution in [-0.2, 0) is 5.41 Å². The minimum Gasteiger partial charge on any atom is -0.260 e. The van der Waals surface area contributed by atoms with Crippen LogP contribution >= 0.6 is 0 Å². The maximum Gasteiger partial charge on any atom is 0.0515 e. The van der Waals surface area contributed by atoms with Crippen molar-refractivity contribution in [2.75, 3.05) is 0 Å². The van der Waals surface area contributed by atoms with E-state index < -0.39 is 0 Å². The highest BCUT2D eigenvalue weighted by atomic mass is 14.7. The Labute approximate surface area is 104 Å². The average molecular weight is 227 g/mol. The average Bonchev–Trinajstić information content (AvgIpc) is 2.38. The predicted molar refractivity (Wildman–Crippen MR) is 71.0 cm³/mol. The van der Waals surface area contributed by atoms with Crippen molar-refractivity contribution in [3.63, 3.8) is 0 Å². The number of nitrogens with zero attached hydrogens (tertiary/aromatic N) is 1. The molecule has 1 aromatic rings. The molecule has 1 heteroatoms. The Morgan fingerprint density at radius 1 is 1.29 bits per heavy atom. The second-order valence-electron chi connectivity index (χ2n) is 5.69. The fourth-order valence-corrected chi connectivity index (χ4v) is 4.25. The molecule has 4 atom stereocenters. The van der Waals surface area contributed by atoms with Crippen LogP contribution in [0.25, 0.3) is 0 Å². The molecule has 3 aliphatic rings. The number of allylic oxidation sites excluding steroid dienone is 2. The van der Waals surface area contributed by atoms with Crippen LogP contribution in [0.5, 0.6) is 0 Å². The molecule has 0 aromatic carbocycles. The fraction of sp³-hybridized carbons (Fsp3) is 0.562. The topological polar surface area (TPSA) is 12.9 Å². The SMILES string of the molecule is CCC1C2C=CC(C)(c3cccnc32)[C@@H]1CC. The molecule has 3 aliphatic carbocycles. The van der Waals surface area contributed by atoms with Gasteiger partial charge in [0.2, 0.25) is 0 Å². The van der Waals surface area contributed by atoms with Crippen molar-refractivity contribution in [1.82, 2.24) is 4.98 Å². The smallest absolute Gasteiger partial charge is 0.0515 e. The van der Waals surface area contributed by atoms with E-state index in [1.54, 1.807) is 0 Å². The molecule has 0 fully saturated rings. The van der Waals surface area contributed by atoms with E-state index in [9.17, 15) is 0 Å². The number of rotatable bonds is 2. The van der Waals surface area contributed by atoms with Crippen LogP contribution in [0.15, 0.2) is 30.5 Å². The van der Waals surface area contributed by atoms with Gasteiger partial charge in [-0.15, -0.1) is 0 Å². The predicted octanol–water partition coefficient (Wildman–Crippen LogP) is 4.06. The van der Waals surface area contributed by atoms with E-state index in [4.69, 9.17) is 0 Å². The molecule has 3 unspecified atom stereocenters. The van der Waals surface area contributed by atoms with Crippen LogP contribution in [0.2, 0.25) is 0 Å². The lowest BCUT2D eigenvalue weighted by atomic mass is 9.52. The highest BCUT2D eigenvalue weighted by Gasteiger charge is 2.49. The third-order valence-corrected chi connectivity index (χ3v) is 5.04. The number of hydrogen-bond donors (Lipinski definition) is 0. The molecule has 0 spiro atoms. The van der Waals surface area contributed by atoms with Gasteiger partial charge in [-0.25, -0.2) is 0 Å². The molecule has 1 aromatic heterocycles. The van der Waals surface area contributed by atoms with E-state index in [0.717, 1.165) is 11.8 Å². The lowest BCUT2D eigenvalue weighted by Gasteiger charge is -2.51. The normalized spacial score (nSPS) is 38.2. The third-order valence-electron chi connectivity index (χ3n) is 5.04. The highest BCUT2D eigenvalue weighted by Crippen LogP contribution is 2.56. The Bertz CT molecular complexity index is 462. The van der Waals surface area contributed by atoms with Crippen LogP contribution in [0.3, 0.4) is 0 Å².